The fourth-order valence-corrected chi connectivity index (χ4v) is 3.73. The molecule has 6 heteroatoms. The van der Waals surface area contributed by atoms with E-state index in [4.69, 9.17) is 13.9 Å². The Kier molecular flexibility index (Phi) is 5.61. The summed E-state index contributed by atoms with van der Waals surface area (Å²) in [6, 6.07) is 7.69. The molecule has 2 aromatic rings. The summed E-state index contributed by atoms with van der Waals surface area (Å²) < 4.78 is 16.1. The number of likely N-dealkylation sites (tertiary alicyclic amines) is 1. The van der Waals surface area contributed by atoms with Crippen LogP contribution in [0.4, 0.5) is 0 Å². The Labute approximate surface area is 153 Å². The molecule has 1 aromatic heterocycles. The molecule has 3 rings (SSSR count). The number of hydrogen-bond donors (Lipinski definition) is 0. The van der Waals surface area contributed by atoms with E-state index in [1.165, 1.54) is 0 Å². The Morgan fingerprint density at radius 3 is 2.58 bits per heavy atom. The van der Waals surface area contributed by atoms with Crippen LogP contribution in [-0.2, 0) is 20.9 Å². The summed E-state index contributed by atoms with van der Waals surface area (Å²) in [5.41, 5.74) is 1.23. The number of para-hydroxylation sites is 1. The lowest BCUT2D eigenvalue weighted by molar-refractivity contribution is -0.140. The first kappa shape index (κ1) is 18.5. The molecule has 1 amide bonds. The van der Waals surface area contributed by atoms with Gasteiger partial charge in [-0.25, -0.2) is 4.79 Å². The molecule has 2 atom stereocenters. The molecular formula is C20H25NO5. The fourth-order valence-electron chi connectivity index (χ4n) is 3.73. The summed E-state index contributed by atoms with van der Waals surface area (Å²) in [5.74, 6) is -0.707. The second-order valence-electron chi connectivity index (χ2n) is 6.84. The molecule has 0 saturated carbocycles. The highest BCUT2D eigenvalue weighted by Crippen LogP contribution is 2.27. The molecule has 0 N–H and O–H groups in total. The summed E-state index contributed by atoms with van der Waals surface area (Å²) in [4.78, 5) is 26.9. The highest BCUT2D eigenvalue weighted by molar-refractivity contribution is 5.96. The van der Waals surface area contributed by atoms with Crippen molar-refractivity contribution in [1.82, 2.24) is 4.90 Å². The number of rotatable bonds is 5. The molecule has 0 spiro atoms. The molecule has 1 aromatic carbocycles. The van der Waals surface area contributed by atoms with Crippen LogP contribution in [0.3, 0.4) is 0 Å². The van der Waals surface area contributed by atoms with Crippen LogP contribution in [0, 0.1) is 0 Å². The number of piperidine rings is 1. The van der Waals surface area contributed by atoms with Crippen LogP contribution in [0.1, 0.15) is 49.2 Å². The molecule has 140 valence electrons. The van der Waals surface area contributed by atoms with E-state index in [-0.39, 0.29) is 37.0 Å². The van der Waals surface area contributed by atoms with Gasteiger partial charge in [0.25, 0.3) is 5.91 Å². The van der Waals surface area contributed by atoms with Crippen molar-refractivity contribution in [2.45, 2.75) is 51.8 Å². The molecule has 26 heavy (non-hydrogen) atoms. The minimum Gasteiger partial charge on any atom is -0.450 e. The zero-order valence-electron chi connectivity index (χ0n) is 15.5. The molecule has 2 heterocycles. The number of carbonyl (C=O) groups is 2. The average Bonchev–Trinajstić information content (AvgIpc) is 2.99. The SMILES string of the molecule is COCc1c(C(=O)OCC(=O)N2[C@@H](C)CCC[C@@H]2C)oc2ccccc12. The van der Waals surface area contributed by atoms with E-state index in [1.807, 2.05) is 36.9 Å². The van der Waals surface area contributed by atoms with Crippen molar-refractivity contribution < 1.29 is 23.5 Å². The third-order valence-electron chi connectivity index (χ3n) is 4.98. The first-order valence-corrected chi connectivity index (χ1v) is 9.00. The highest BCUT2D eigenvalue weighted by atomic mass is 16.5. The lowest BCUT2D eigenvalue weighted by Gasteiger charge is -2.38. The normalized spacial score (nSPS) is 20.3. The van der Waals surface area contributed by atoms with Crippen LogP contribution < -0.4 is 0 Å². The molecular weight excluding hydrogens is 334 g/mol. The summed E-state index contributed by atoms with van der Waals surface area (Å²) in [7, 11) is 1.56. The van der Waals surface area contributed by atoms with Crippen molar-refractivity contribution in [1.29, 1.82) is 0 Å². The van der Waals surface area contributed by atoms with E-state index >= 15 is 0 Å². The van der Waals surface area contributed by atoms with Crippen molar-refractivity contribution in [2.75, 3.05) is 13.7 Å². The van der Waals surface area contributed by atoms with E-state index in [1.54, 1.807) is 13.2 Å². The van der Waals surface area contributed by atoms with Crippen molar-refractivity contribution >= 4 is 22.8 Å². The number of esters is 1. The third-order valence-corrected chi connectivity index (χ3v) is 4.98. The molecule has 0 aliphatic carbocycles. The van der Waals surface area contributed by atoms with E-state index in [0.717, 1.165) is 24.6 Å². The zero-order valence-corrected chi connectivity index (χ0v) is 15.5. The Hall–Kier alpha value is -2.34. The van der Waals surface area contributed by atoms with Crippen LogP contribution in [0.25, 0.3) is 11.0 Å². The van der Waals surface area contributed by atoms with E-state index in [2.05, 4.69) is 0 Å². The fraction of sp³-hybridized carbons (Fsp3) is 0.500. The van der Waals surface area contributed by atoms with Crippen molar-refractivity contribution in [2.24, 2.45) is 0 Å². The number of nitrogens with zero attached hydrogens (tertiary/aromatic N) is 1. The Morgan fingerprint density at radius 1 is 1.19 bits per heavy atom. The molecule has 0 bridgehead atoms. The second-order valence-corrected chi connectivity index (χ2v) is 6.84. The average molecular weight is 359 g/mol. The summed E-state index contributed by atoms with van der Waals surface area (Å²) in [6.45, 7) is 4.02. The first-order chi connectivity index (χ1) is 12.5. The van der Waals surface area contributed by atoms with Crippen molar-refractivity contribution in [3.8, 4) is 0 Å². The van der Waals surface area contributed by atoms with Crippen LogP contribution in [0.5, 0.6) is 0 Å². The van der Waals surface area contributed by atoms with Crippen molar-refractivity contribution in [3.63, 3.8) is 0 Å². The molecule has 1 aliphatic rings. The maximum Gasteiger partial charge on any atom is 0.375 e. The van der Waals surface area contributed by atoms with Gasteiger partial charge in [0.15, 0.2) is 6.61 Å². The number of fused-ring (bicyclic) bond motifs is 1. The standard InChI is InChI=1S/C20H25NO5/c1-13-7-6-8-14(2)21(13)18(22)12-25-20(23)19-16(11-24-3)15-9-4-5-10-17(15)26-19/h4-5,9-10,13-14H,6-8,11-12H2,1-3H3/t13-,14-/m0/s1. The lowest BCUT2D eigenvalue weighted by Crippen LogP contribution is -2.49. The van der Waals surface area contributed by atoms with Gasteiger partial charge in [-0.15, -0.1) is 0 Å². The predicted octanol–water partition coefficient (Wildman–Crippen LogP) is 3.53. The second kappa shape index (κ2) is 7.91. The first-order valence-electron chi connectivity index (χ1n) is 9.00. The number of methoxy groups -OCH3 is 1. The quantitative estimate of drug-likeness (QED) is 0.764. The number of furan rings is 1. The topological polar surface area (TPSA) is 69.0 Å². The minimum absolute atomic E-state index is 0.0978. The number of carbonyl (C=O) groups excluding carboxylic acids is 2. The maximum absolute atomic E-state index is 12.5. The smallest absolute Gasteiger partial charge is 0.375 e. The van der Waals surface area contributed by atoms with Gasteiger partial charge in [-0.2, -0.15) is 0 Å². The van der Waals surface area contributed by atoms with Gasteiger partial charge >= 0.3 is 5.97 Å². The van der Waals surface area contributed by atoms with Crippen LogP contribution in [0.2, 0.25) is 0 Å². The minimum atomic E-state index is -0.640. The zero-order chi connectivity index (χ0) is 18.7. The van der Waals surface area contributed by atoms with Crippen LogP contribution >= 0.6 is 0 Å². The summed E-state index contributed by atoms with van der Waals surface area (Å²) in [5, 5.41) is 0.811. The van der Waals surface area contributed by atoms with E-state index < -0.39 is 5.97 Å². The number of hydrogen-bond acceptors (Lipinski definition) is 5. The van der Waals surface area contributed by atoms with Gasteiger partial charge in [-0.3, -0.25) is 4.79 Å². The van der Waals surface area contributed by atoms with Crippen LogP contribution in [-0.4, -0.2) is 42.6 Å². The maximum atomic E-state index is 12.5. The van der Waals surface area contributed by atoms with Gasteiger partial charge in [0.1, 0.15) is 5.58 Å². The Balaban J connectivity index is 1.73. The predicted molar refractivity (Wildman–Crippen MR) is 96.8 cm³/mol. The Morgan fingerprint density at radius 2 is 1.88 bits per heavy atom. The molecule has 1 aliphatic heterocycles. The van der Waals surface area contributed by atoms with Gasteiger partial charge in [0.05, 0.1) is 6.61 Å². The summed E-state index contributed by atoms with van der Waals surface area (Å²) in [6.07, 6.45) is 3.07. The Bertz CT molecular complexity index is 787. The van der Waals surface area contributed by atoms with Gasteiger partial charge in [0.2, 0.25) is 5.76 Å². The number of amides is 1. The molecule has 1 fully saturated rings. The van der Waals surface area contributed by atoms with Gasteiger partial charge < -0.3 is 18.8 Å². The number of benzene rings is 1. The van der Waals surface area contributed by atoms with Gasteiger partial charge in [0, 0.05) is 30.1 Å². The van der Waals surface area contributed by atoms with Crippen LogP contribution in [0.15, 0.2) is 28.7 Å². The number of ether oxygens (including phenoxy) is 2. The highest BCUT2D eigenvalue weighted by Gasteiger charge is 2.30. The largest absolute Gasteiger partial charge is 0.450 e. The summed E-state index contributed by atoms with van der Waals surface area (Å²) >= 11 is 0. The van der Waals surface area contributed by atoms with Gasteiger partial charge in [-0.1, -0.05) is 18.2 Å². The third kappa shape index (κ3) is 3.60. The molecule has 0 radical (unpaired) electrons. The molecule has 6 nitrogen and oxygen atoms in total. The monoisotopic (exact) mass is 359 g/mol. The lowest BCUT2D eigenvalue weighted by atomic mass is 9.97. The van der Waals surface area contributed by atoms with E-state index in [0.29, 0.717) is 11.1 Å². The van der Waals surface area contributed by atoms with E-state index in [9.17, 15) is 9.59 Å². The van der Waals surface area contributed by atoms with Crippen molar-refractivity contribution in [3.05, 3.63) is 35.6 Å². The molecule has 1 saturated heterocycles. The molecule has 0 unspecified atom stereocenters. The van der Waals surface area contributed by atoms with Gasteiger partial charge in [-0.05, 0) is 39.2 Å².